The number of benzene rings is 3. The summed E-state index contributed by atoms with van der Waals surface area (Å²) in [5, 5.41) is 0.343. The van der Waals surface area contributed by atoms with E-state index in [9.17, 15) is 17.6 Å². The Hall–Kier alpha value is -3.53. The molecule has 0 radical (unpaired) electrons. The van der Waals surface area contributed by atoms with Gasteiger partial charge in [0.15, 0.2) is 0 Å². The Bertz CT molecular complexity index is 1640. The first kappa shape index (κ1) is 28.0. The van der Waals surface area contributed by atoms with Gasteiger partial charge in [0.05, 0.1) is 11.4 Å². The molecule has 0 bridgehead atoms. The molecule has 5 rings (SSSR count). The van der Waals surface area contributed by atoms with Crippen LogP contribution in [0.4, 0.5) is 10.1 Å². The second-order valence-corrected chi connectivity index (χ2v) is 12.3. The molecule has 0 fully saturated rings. The molecule has 1 aromatic heterocycles. The number of nitrogens with one attached hydrogen (secondary N) is 1. The number of amides is 1. The van der Waals surface area contributed by atoms with Crippen molar-refractivity contribution in [2.75, 3.05) is 4.90 Å². The minimum atomic E-state index is -3.81. The Morgan fingerprint density at radius 2 is 1.95 bits per heavy atom. The van der Waals surface area contributed by atoms with Gasteiger partial charge in [-0.1, -0.05) is 42.8 Å². The Morgan fingerprint density at radius 3 is 2.65 bits per heavy atom. The third-order valence-electron chi connectivity index (χ3n) is 7.36. The Balaban J connectivity index is 1.43. The van der Waals surface area contributed by atoms with Crippen molar-refractivity contribution in [1.29, 1.82) is 0 Å². The molecule has 1 N–H and O–H groups in total. The number of aromatic nitrogens is 2. The minimum absolute atomic E-state index is 0.103. The van der Waals surface area contributed by atoms with E-state index in [1.54, 1.807) is 35.4 Å². The van der Waals surface area contributed by atoms with Crippen LogP contribution in [0.15, 0.2) is 84.0 Å². The van der Waals surface area contributed by atoms with Crippen molar-refractivity contribution in [2.24, 2.45) is 7.05 Å². The number of imidazole rings is 1. The summed E-state index contributed by atoms with van der Waals surface area (Å²) in [6.45, 7) is 2.18. The van der Waals surface area contributed by atoms with Crippen LogP contribution in [-0.2, 0) is 34.8 Å². The standard InChI is InChI=1S/C30H30ClFN4O3S/c1-20(21-6-10-24(32)11-7-21)16-30(37)36(19-29-33-14-15-35(29)2)25-12-8-22-9-13-28(27(22)18-25)34-40(38,39)26-5-3-4-23(31)17-26/h3-8,10-12,14-15,17-18,20,28,34H,9,13,16,19H2,1-2H3/t20-,28-/m1/s1. The molecular weight excluding hydrogens is 551 g/mol. The summed E-state index contributed by atoms with van der Waals surface area (Å²) in [4.78, 5) is 19.9. The molecule has 208 valence electrons. The molecule has 0 aliphatic heterocycles. The van der Waals surface area contributed by atoms with Gasteiger partial charge in [-0.2, -0.15) is 0 Å². The first-order chi connectivity index (χ1) is 19.1. The summed E-state index contributed by atoms with van der Waals surface area (Å²) in [6.07, 6.45) is 5.03. The first-order valence-electron chi connectivity index (χ1n) is 13.0. The molecule has 2 atom stereocenters. The molecule has 0 spiro atoms. The highest BCUT2D eigenvalue weighted by Gasteiger charge is 2.30. The summed E-state index contributed by atoms with van der Waals surface area (Å²) < 4.78 is 44.4. The minimum Gasteiger partial charge on any atom is -0.337 e. The summed E-state index contributed by atoms with van der Waals surface area (Å²) in [5.41, 5.74) is 3.40. The molecule has 0 saturated carbocycles. The largest absolute Gasteiger partial charge is 0.337 e. The summed E-state index contributed by atoms with van der Waals surface area (Å²) in [5.74, 6) is 0.136. The molecule has 40 heavy (non-hydrogen) atoms. The molecule has 1 aliphatic carbocycles. The van der Waals surface area contributed by atoms with Crippen molar-refractivity contribution in [3.8, 4) is 0 Å². The zero-order chi connectivity index (χ0) is 28.4. The number of aryl methyl sites for hydroxylation is 2. The summed E-state index contributed by atoms with van der Waals surface area (Å²) in [6, 6.07) is 17.7. The fourth-order valence-electron chi connectivity index (χ4n) is 5.06. The number of hydrogen-bond acceptors (Lipinski definition) is 4. The van der Waals surface area contributed by atoms with E-state index in [-0.39, 0.29) is 35.5 Å². The van der Waals surface area contributed by atoms with E-state index in [2.05, 4.69) is 9.71 Å². The van der Waals surface area contributed by atoms with E-state index >= 15 is 0 Å². The van der Waals surface area contributed by atoms with Crippen LogP contribution < -0.4 is 9.62 Å². The van der Waals surface area contributed by atoms with Crippen molar-refractivity contribution < 1.29 is 17.6 Å². The van der Waals surface area contributed by atoms with Gasteiger partial charge in [0, 0.05) is 42.6 Å². The van der Waals surface area contributed by atoms with Crippen LogP contribution in [0.2, 0.25) is 5.02 Å². The Labute approximate surface area is 238 Å². The zero-order valence-electron chi connectivity index (χ0n) is 22.2. The fraction of sp³-hybridized carbons (Fsp3) is 0.267. The first-order valence-corrected chi connectivity index (χ1v) is 14.9. The molecular formula is C30H30ClFN4O3S. The monoisotopic (exact) mass is 580 g/mol. The van der Waals surface area contributed by atoms with Gasteiger partial charge in [-0.25, -0.2) is 22.5 Å². The van der Waals surface area contributed by atoms with E-state index in [4.69, 9.17) is 11.6 Å². The van der Waals surface area contributed by atoms with E-state index in [0.29, 0.717) is 29.4 Å². The highest BCUT2D eigenvalue weighted by Crippen LogP contribution is 2.36. The van der Waals surface area contributed by atoms with Crippen LogP contribution in [0.1, 0.15) is 54.2 Å². The zero-order valence-corrected chi connectivity index (χ0v) is 23.8. The molecule has 3 aromatic carbocycles. The number of anilines is 1. The van der Waals surface area contributed by atoms with Crippen molar-refractivity contribution in [2.45, 2.75) is 49.6 Å². The maximum Gasteiger partial charge on any atom is 0.241 e. The number of nitrogens with zero attached hydrogens (tertiary/aromatic N) is 3. The summed E-state index contributed by atoms with van der Waals surface area (Å²) in [7, 11) is -1.94. The number of carbonyl (C=O) groups is 1. The van der Waals surface area contributed by atoms with Gasteiger partial charge in [-0.15, -0.1) is 0 Å². The normalized spacial score (nSPS) is 15.6. The number of rotatable bonds is 9. The maximum atomic E-state index is 13.8. The number of halogens is 2. The van der Waals surface area contributed by atoms with Crippen molar-refractivity contribution in [1.82, 2.24) is 14.3 Å². The van der Waals surface area contributed by atoms with Crippen LogP contribution in [0.5, 0.6) is 0 Å². The van der Waals surface area contributed by atoms with Gasteiger partial charge in [0.1, 0.15) is 11.6 Å². The predicted molar refractivity (Wildman–Crippen MR) is 153 cm³/mol. The van der Waals surface area contributed by atoms with E-state index in [1.807, 2.05) is 42.9 Å². The SMILES string of the molecule is C[C@H](CC(=O)N(Cc1nccn1C)c1ccc2c(c1)[C@H](NS(=O)(=O)c1cccc(Cl)c1)CC2)c1ccc(F)cc1. The molecule has 4 aromatic rings. The Kier molecular flexibility index (Phi) is 8.07. The lowest BCUT2D eigenvalue weighted by atomic mass is 9.97. The predicted octanol–water partition coefficient (Wildman–Crippen LogP) is 5.91. The average Bonchev–Trinajstić information content (AvgIpc) is 3.52. The highest BCUT2D eigenvalue weighted by atomic mass is 35.5. The molecule has 7 nitrogen and oxygen atoms in total. The molecule has 0 unspecified atom stereocenters. The second kappa shape index (κ2) is 11.5. The number of carbonyl (C=O) groups excluding carboxylic acids is 1. The third kappa shape index (κ3) is 6.11. The number of sulfonamides is 1. The van der Waals surface area contributed by atoms with Gasteiger partial charge in [-0.3, -0.25) is 4.79 Å². The van der Waals surface area contributed by atoms with Gasteiger partial charge in [0.25, 0.3) is 0 Å². The van der Waals surface area contributed by atoms with Crippen LogP contribution in [0, 0.1) is 5.82 Å². The quantitative estimate of drug-likeness (QED) is 0.267. The smallest absolute Gasteiger partial charge is 0.241 e. The highest BCUT2D eigenvalue weighted by molar-refractivity contribution is 7.89. The molecule has 1 amide bonds. The topological polar surface area (TPSA) is 84.3 Å². The lowest BCUT2D eigenvalue weighted by Crippen LogP contribution is -2.32. The van der Waals surface area contributed by atoms with Gasteiger partial charge in [0.2, 0.25) is 15.9 Å². The molecule has 1 aliphatic rings. The van der Waals surface area contributed by atoms with Crippen LogP contribution >= 0.6 is 11.6 Å². The van der Waals surface area contributed by atoms with E-state index in [1.165, 1.54) is 24.3 Å². The third-order valence-corrected chi connectivity index (χ3v) is 9.07. The van der Waals surface area contributed by atoms with Gasteiger partial charge >= 0.3 is 0 Å². The maximum absolute atomic E-state index is 13.8. The van der Waals surface area contributed by atoms with Crippen LogP contribution in [-0.4, -0.2) is 23.9 Å². The average molecular weight is 581 g/mol. The van der Waals surface area contributed by atoms with Gasteiger partial charge in [-0.05, 0) is 77.9 Å². The second-order valence-electron chi connectivity index (χ2n) is 10.1. The number of fused-ring (bicyclic) bond motifs is 1. The van der Waals surface area contributed by atoms with E-state index < -0.39 is 16.1 Å². The lowest BCUT2D eigenvalue weighted by Gasteiger charge is -2.26. The molecule has 10 heteroatoms. The van der Waals surface area contributed by atoms with Crippen molar-refractivity contribution in [3.63, 3.8) is 0 Å². The molecule has 1 heterocycles. The lowest BCUT2D eigenvalue weighted by molar-refractivity contribution is -0.119. The fourth-order valence-corrected chi connectivity index (χ4v) is 6.61. The van der Waals surface area contributed by atoms with Crippen molar-refractivity contribution in [3.05, 3.63) is 112 Å². The van der Waals surface area contributed by atoms with Crippen LogP contribution in [0.25, 0.3) is 0 Å². The molecule has 0 saturated heterocycles. The van der Waals surface area contributed by atoms with Gasteiger partial charge < -0.3 is 9.47 Å². The number of hydrogen-bond donors (Lipinski definition) is 1. The van der Waals surface area contributed by atoms with Crippen molar-refractivity contribution >= 4 is 33.2 Å². The Morgan fingerprint density at radius 1 is 1.18 bits per heavy atom. The van der Waals surface area contributed by atoms with Crippen LogP contribution in [0.3, 0.4) is 0 Å². The van der Waals surface area contributed by atoms with E-state index in [0.717, 1.165) is 16.7 Å². The summed E-state index contributed by atoms with van der Waals surface area (Å²) >= 11 is 6.03.